The van der Waals surface area contributed by atoms with E-state index in [1.54, 1.807) is 12.1 Å². The number of rotatable bonds is 4. The Balaban J connectivity index is 2.74. The number of amides is 1. The van der Waals surface area contributed by atoms with Gasteiger partial charge in [-0.25, -0.2) is 0 Å². The Morgan fingerprint density at radius 3 is 2.44 bits per heavy atom. The first kappa shape index (κ1) is 13.0. The third-order valence-corrected chi connectivity index (χ3v) is 2.63. The lowest BCUT2D eigenvalue weighted by Gasteiger charge is -2.18. The molecule has 1 rings (SSSR count). The van der Waals surface area contributed by atoms with E-state index in [4.69, 9.17) is 16.7 Å². The summed E-state index contributed by atoms with van der Waals surface area (Å²) in [7, 11) is 0. The highest BCUT2D eigenvalue weighted by molar-refractivity contribution is 6.30. The van der Waals surface area contributed by atoms with Gasteiger partial charge in [0.15, 0.2) is 0 Å². The maximum Gasteiger partial charge on any atom is 0.249 e. The topological polar surface area (TPSA) is 49.3 Å². The van der Waals surface area contributed by atoms with E-state index in [2.05, 4.69) is 5.32 Å². The lowest BCUT2D eigenvalue weighted by molar-refractivity contribution is -0.129. The normalized spacial score (nSPS) is 14.2. The van der Waals surface area contributed by atoms with Gasteiger partial charge in [-0.1, -0.05) is 30.7 Å². The van der Waals surface area contributed by atoms with Gasteiger partial charge in [0.1, 0.15) is 6.10 Å². The van der Waals surface area contributed by atoms with E-state index in [9.17, 15) is 4.79 Å². The molecule has 0 fully saturated rings. The summed E-state index contributed by atoms with van der Waals surface area (Å²) in [6.07, 6.45) is -0.221. The van der Waals surface area contributed by atoms with Crippen LogP contribution in [0.1, 0.15) is 31.9 Å². The van der Waals surface area contributed by atoms with Gasteiger partial charge < -0.3 is 10.4 Å². The number of benzene rings is 1. The Hall–Kier alpha value is -1.06. The zero-order chi connectivity index (χ0) is 12.1. The Morgan fingerprint density at radius 1 is 1.44 bits per heavy atom. The van der Waals surface area contributed by atoms with Crippen molar-refractivity contribution in [1.82, 2.24) is 5.32 Å². The summed E-state index contributed by atoms with van der Waals surface area (Å²) < 4.78 is 0. The first-order chi connectivity index (χ1) is 7.54. The summed E-state index contributed by atoms with van der Waals surface area (Å²) in [4.78, 5) is 11.4. The number of carbonyl (C=O) groups is 1. The zero-order valence-corrected chi connectivity index (χ0v) is 10.2. The van der Waals surface area contributed by atoms with Crippen molar-refractivity contribution in [1.29, 1.82) is 0 Å². The first-order valence-corrected chi connectivity index (χ1v) is 5.66. The Morgan fingerprint density at radius 2 is 2.00 bits per heavy atom. The average molecular weight is 242 g/mol. The highest BCUT2D eigenvalue weighted by Crippen LogP contribution is 2.19. The van der Waals surface area contributed by atoms with Crippen LogP contribution >= 0.6 is 11.6 Å². The molecule has 1 amide bonds. The largest absolute Gasteiger partial charge is 0.384 e. The van der Waals surface area contributed by atoms with Gasteiger partial charge in [0.25, 0.3) is 0 Å². The van der Waals surface area contributed by atoms with Crippen molar-refractivity contribution in [2.75, 3.05) is 0 Å². The number of halogens is 1. The predicted octanol–water partition coefficient (Wildman–Crippen LogP) is 2.29. The van der Waals surface area contributed by atoms with Crippen molar-refractivity contribution >= 4 is 17.5 Å². The summed E-state index contributed by atoms with van der Waals surface area (Å²) in [6.45, 7) is 3.42. The highest BCUT2D eigenvalue weighted by atomic mass is 35.5. The highest BCUT2D eigenvalue weighted by Gasteiger charge is 2.15. The van der Waals surface area contributed by atoms with Crippen LogP contribution in [0.2, 0.25) is 5.02 Å². The average Bonchev–Trinajstić information content (AvgIpc) is 2.26. The van der Waals surface area contributed by atoms with Crippen molar-refractivity contribution < 1.29 is 9.90 Å². The van der Waals surface area contributed by atoms with Gasteiger partial charge in [0.2, 0.25) is 5.91 Å². The van der Waals surface area contributed by atoms with Crippen LogP contribution in [0.3, 0.4) is 0 Å². The van der Waals surface area contributed by atoms with Gasteiger partial charge >= 0.3 is 0 Å². The molecule has 88 valence electrons. The fraction of sp³-hybridized carbons (Fsp3) is 0.417. The maximum atomic E-state index is 11.4. The second-order valence-electron chi connectivity index (χ2n) is 3.70. The fourth-order valence-corrected chi connectivity index (χ4v) is 1.53. The van der Waals surface area contributed by atoms with E-state index in [1.807, 2.05) is 19.1 Å². The third-order valence-electron chi connectivity index (χ3n) is 2.38. The van der Waals surface area contributed by atoms with Crippen LogP contribution in [0.5, 0.6) is 0 Å². The quantitative estimate of drug-likeness (QED) is 0.850. The number of aliphatic hydroxyl groups excluding tert-OH is 1. The SMILES string of the molecule is CCC(NC(=O)C(C)O)c1ccc(Cl)cc1. The minimum absolute atomic E-state index is 0.0839. The molecular formula is C12H16ClNO2. The molecule has 4 heteroatoms. The van der Waals surface area contributed by atoms with Crippen LogP contribution in [0.4, 0.5) is 0 Å². The molecule has 16 heavy (non-hydrogen) atoms. The second-order valence-corrected chi connectivity index (χ2v) is 4.13. The summed E-state index contributed by atoms with van der Waals surface area (Å²) >= 11 is 5.79. The Labute approximate surface area is 100 Å². The number of nitrogens with one attached hydrogen (secondary N) is 1. The van der Waals surface area contributed by atoms with Crippen LogP contribution in [0, 0.1) is 0 Å². The second kappa shape index (κ2) is 5.87. The van der Waals surface area contributed by atoms with Crippen molar-refractivity contribution in [3.63, 3.8) is 0 Å². The Kier molecular flexibility index (Phi) is 4.77. The summed E-state index contributed by atoms with van der Waals surface area (Å²) in [6, 6.07) is 7.24. The first-order valence-electron chi connectivity index (χ1n) is 5.28. The van der Waals surface area contributed by atoms with E-state index in [0.717, 1.165) is 12.0 Å². The Bertz CT molecular complexity index is 349. The van der Waals surface area contributed by atoms with Crippen molar-refractivity contribution in [3.05, 3.63) is 34.9 Å². The molecule has 0 aliphatic rings. The van der Waals surface area contributed by atoms with Crippen LogP contribution in [-0.4, -0.2) is 17.1 Å². The summed E-state index contributed by atoms with van der Waals surface area (Å²) in [5, 5.41) is 12.6. The molecule has 2 atom stereocenters. The standard InChI is InChI=1S/C12H16ClNO2/c1-3-11(14-12(16)8(2)15)9-4-6-10(13)7-5-9/h4-8,11,15H,3H2,1-2H3,(H,14,16). The summed E-state index contributed by atoms with van der Waals surface area (Å²) in [5.41, 5.74) is 0.987. The predicted molar refractivity (Wildman–Crippen MR) is 64.3 cm³/mol. The van der Waals surface area contributed by atoms with Gasteiger partial charge in [-0.05, 0) is 31.0 Å². The molecule has 0 aliphatic carbocycles. The van der Waals surface area contributed by atoms with Gasteiger partial charge in [0.05, 0.1) is 6.04 Å². The molecular weight excluding hydrogens is 226 g/mol. The molecule has 0 aliphatic heterocycles. The van der Waals surface area contributed by atoms with Crippen LogP contribution < -0.4 is 5.32 Å². The number of hydrogen-bond acceptors (Lipinski definition) is 2. The zero-order valence-electron chi connectivity index (χ0n) is 9.40. The third kappa shape index (κ3) is 3.51. The molecule has 0 radical (unpaired) electrons. The lowest BCUT2D eigenvalue weighted by atomic mass is 10.0. The van der Waals surface area contributed by atoms with Crippen molar-refractivity contribution in [2.45, 2.75) is 32.4 Å². The van der Waals surface area contributed by atoms with Crippen LogP contribution in [-0.2, 0) is 4.79 Å². The van der Waals surface area contributed by atoms with Crippen molar-refractivity contribution in [2.24, 2.45) is 0 Å². The molecule has 0 bridgehead atoms. The number of hydrogen-bond donors (Lipinski definition) is 2. The molecule has 0 spiro atoms. The van der Waals surface area contributed by atoms with E-state index in [1.165, 1.54) is 6.92 Å². The molecule has 1 aromatic carbocycles. The van der Waals surface area contributed by atoms with Crippen LogP contribution in [0.15, 0.2) is 24.3 Å². The smallest absolute Gasteiger partial charge is 0.249 e. The van der Waals surface area contributed by atoms with E-state index < -0.39 is 6.10 Å². The van der Waals surface area contributed by atoms with Crippen LogP contribution in [0.25, 0.3) is 0 Å². The van der Waals surface area contributed by atoms with Gasteiger partial charge in [-0.15, -0.1) is 0 Å². The van der Waals surface area contributed by atoms with Gasteiger partial charge in [-0.2, -0.15) is 0 Å². The molecule has 2 N–H and O–H groups in total. The molecule has 3 nitrogen and oxygen atoms in total. The number of carbonyl (C=O) groups excluding carboxylic acids is 1. The molecule has 0 aromatic heterocycles. The number of aliphatic hydroxyl groups is 1. The molecule has 0 saturated heterocycles. The fourth-order valence-electron chi connectivity index (χ4n) is 1.41. The molecule has 2 unspecified atom stereocenters. The van der Waals surface area contributed by atoms with E-state index in [0.29, 0.717) is 5.02 Å². The van der Waals surface area contributed by atoms with E-state index >= 15 is 0 Å². The van der Waals surface area contributed by atoms with Crippen molar-refractivity contribution in [3.8, 4) is 0 Å². The van der Waals surface area contributed by atoms with Gasteiger partial charge in [0, 0.05) is 5.02 Å². The summed E-state index contributed by atoms with van der Waals surface area (Å²) in [5.74, 6) is -0.359. The minimum Gasteiger partial charge on any atom is -0.384 e. The molecule has 0 heterocycles. The van der Waals surface area contributed by atoms with Gasteiger partial charge in [-0.3, -0.25) is 4.79 Å². The monoisotopic (exact) mass is 241 g/mol. The minimum atomic E-state index is -0.985. The van der Waals surface area contributed by atoms with E-state index in [-0.39, 0.29) is 11.9 Å². The maximum absolute atomic E-state index is 11.4. The lowest BCUT2D eigenvalue weighted by Crippen LogP contribution is -2.35. The molecule has 1 aromatic rings. The molecule has 0 saturated carbocycles.